The van der Waals surface area contributed by atoms with Crippen molar-refractivity contribution in [1.29, 1.82) is 0 Å². The van der Waals surface area contributed by atoms with Gasteiger partial charge < -0.3 is 4.57 Å². The van der Waals surface area contributed by atoms with Crippen molar-refractivity contribution in [2.75, 3.05) is 12.3 Å². The Balaban J connectivity index is 2.06. The molecule has 0 bridgehead atoms. The Hall–Kier alpha value is -0.480. The zero-order chi connectivity index (χ0) is 9.26. The van der Waals surface area contributed by atoms with Gasteiger partial charge >= 0.3 is 0 Å². The predicted octanol–water partition coefficient (Wildman–Crippen LogP) is 1.39. The maximum atomic E-state index is 4.34. The van der Waals surface area contributed by atoms with Crippen LogP contribution in [0.2, 0.25) is 0 Å². The van der Waals surface area contributed by atoms with Crippen molar-refractivity contribution in [3.63, 3.8) is 0 Å². The Morgan fingerprint density at radius 3 is 3.08 bits per heavy atom. The van der Waals surface area contributed by atoms with Crippen LogP contribution in [0.25, 0.3) is 0 Å². The fourth-order valence-corrected chi connectivity index (χ4v) is 2.71. The van der Waals surface area contributed by atoms with Crippen LogP contribution in [0.15, 0.2) is 12.4 Å². The molecule has 4 heteroatoms. The van der Waals surface area contributed by atoms with E-state index in [1.807, 2.05) is 31.2 Å². The second-order valence-corrected chi connectivity index (χ2v) is 4.76. The molecule has 1 fully saturated rings. The minimum Gasteiger partial charge on any atom is -0.336 e. The van der Waals surface area contributed by atoms with E-state index in [4.69, 9.17) is 0 Å². The fourth-order valence-electron chi connectivity index (χ4n) is 1.48. The first-order chi connectivity index (χ1) is 6.27. The van der Waals surface area contributed by atoms with E-state index in [1.54, 1.807) is 0 Å². The van der Waals surface area contributed by atoms with Crippen molar-refractivity contribution in [2.45, 2.75) is 12.3 Å². The molecule has 2 heterocycles. The highest BCUT2D eigenvalue weighted by molar-refractivity contribution is 7.99. The van der Waals surface area contributed by atoms with E-state index in [2.05, 4.69) is 21.8 Å². The number of hydrogen-bond acceptors (Lipinski definition) is 3. The van der Waals surface area contributed by atoms with Gasteiger partial charge in [0.1, 0.15) is 11.2 Å². The standard InChI is InChI=1S/C9H15N3S/c1-7-5-11-9(13-6-7)8-10-3-4-12(8)2/h3-4,7,9,11H,5-6H2,1-2H3. The van der Waals surface area contributed by atoms with Gasteiger partial charge in [-0.2, -0.15) is 0 Å². The van der Waals surface area contributed by atoms with E-state index in [9.17, 15) is 0 Å². The SMILES string of the molecule is CC1CNC(c2nccn2C)SC1. The van der Waals surface area contributed by atoms with Crippen LogP contribution in [0, 0.1) is 5.92 Å². The normalized spacial score (nSPS) is 29.1. The number of thioether (sulfide) groups is 1. The Labute approximate surface area is 82.9 Å². The van der Waals surface area contributed by atoms with Crippen molar-refractivity contribution in [2.24, 2.45) is 13.0 Å². The van der Waals surface area contributed by atoms with Gasteiger partial charge in [-0.1, -0.05) is 6.92 Å². The molecule has 1 aromatic heterocycles. The summed E-state index contributed by atoms with van der Waals surface area (Å²) in [5.74, 6) is 3.14. The minimum atomic E-state index is 0.385. The van der Waals surface area contributed by atoms with Crippen molar-refractivity contribution in [3.05, 3.63) is 18.2 Å². The Morgan fingerprint density at radius 1 is 1.69 bits per heavy atom. The number of rotatable bonds is 1. The Bertz CT molecular complexity index is 276. The van der Waals surface area contributed by atoms with Gasteiger partial charge in [0.2, 0.25) is 0 Å². The first-order valence-corrected chi connectivity index (χ1v) is 5.64. The van der Waals surface area contributed by atoms with E-state index in [-0.39, 0.29) is 0 Å². The second-order valence-electron chi connectivity index (χ2n) is 3.62. The molecular weight excluding hydrogens is 182 g/mol. The summed E-state index contributed by atoms with van der Waals surface area (Å²) < 4.78 is 2.08. The molecule has 3 nitrogen and oxygen atoms in total. The minimum absolute atomic E-state index is 0.385. The number of hydrogen-bond donors (Lipinski definition) is 1. The lowest BCUT2D eigenvalue weighted by atomic mass is 10.2. The molecule has 2 rings (SSSR count). The molecule has 0 saturated carbocycles. The third-order valence-corrected chi connectivity index (χ3v) is 3.76. The molecule has 13 heavy (non-hydrogen) atoms. The number of aryl methyl sites for hydroxylation is 1. The highest BCUT2D eigenvalue weighted by atomic mass is 32.2. The van der Waals surface area contributed by atoms with E-state index < -0.39 is 0 Å². The number of nitrogens with zero attached hydrogens (tertiary/aromatic N) is 2. The summed E-state index contributed by atoms with van der Waals surface area (Å²) in [4.78, 5) is 4.34. The van der Waals surface area contributed by atoms with Crippen LogP contribution in [0.5, 0.6) is 0 Å². The monoisotopic (exact) mass is 197 g/mol. The van der Waals surface area contributed by atoms with Crippen LogP contribution in [-0.2, 0) is 7.05 Å². The van der Waals surface area contributed by atoms with Gasteiger partial charge in [0.05, 0.1) is 0 Å². The summed E-state index contributed by atoms with van der Waals surface area (Å²) in [5, 5.41) is 3.88. The topological polar surface area (TPSA) is 29.9 Å². The molecule has 1 aliphatic rings. The smallest absolute Gasteiger partial charge is 0.136 e. The summed E-state index contributed by atoms with van der Waals surface area (Å²) in [6.07, 6.45) is 3.85. The predicted molar refractivity (Wildman–Crippen MR) is 55.6 cm³/mol. The molecule has 1 aliphatic heterocycles. The van der Waals surface area contributed by atoms with Gasteiger partial charge in [-0.15, -0.1) is 11.8 Å². The van der Waals surface area contributed by atoms with Gasteiger partial charge in [0.15, 0.2) is 0 Å². The van der Waals surface area contributed by atoms with Gasteiger partial charge in [-0.25, -0.2) is 4.98 Å². The highest BCUT2D eigenvalue weighted by Gasteiger charge is 2.21. The molecule has 1 aromatic rings. The lowest BCUT2D eigenvalue weighted by molar-refractivity contribution is 0.512. The van der Waals surface area contributed by atoms with E-state index in [1.165, 1.54) is 5.75 Å². The van der Waals surface area contributed by atoms with E-state index in [0.717, 1.165) is 18.3 Å². The van der Waals surface area contributed by atoms with Gasteiger partial charge in [-0.05, 0) is 18.2 Å². The molecule has 2 atom stereocenters. The maximum Gasteiger partial charge on any atom is 0.136 e. The Kier molecular flexibility index (Phi) is 2.60. The highest BCUT2D eigenvalue weighted by Crippen LogP contribution is 2.29. The van der Waals surface area contributed by atoms with E-state index in [0.29, 0.717) is 5.37 Å². The van der Waals surface area contributed by atoms with Crippen LogP contribution in [-0.4, -0.2) is 21.8 Å². The van der Waals surface area contributed by atoms with Gasteiger partial charge in [-0.3, -0.25) is 5.32 Å². The zero-order valence-corrected chi connectivity index (χ0v) is 8.84. The lowest BCUT2D eigenvalue weighted by Crippen LogP contribution is -2.32. The quantitative estimate of drug-likeness (QED) is 0.738. The van der Waals surface area contributed by atoms with Crippen molar-refractivity contribution >= 4 is 11.8 Å². The zero-order valence-electron chi connectivity index (χ0n) is 8.03. The number of imidazole rings is 1. The molecule has 0 aromatic carbocycles. The third kappa shape index (κ3) is 1.89. The van der Waals surface area contributed by atoms with Crippen LogP contribution in [0.4, 0.5) is 0 Å². The van der Waals surface area contributed by atoms with Gasteiger partial charge in [0, 0.05) is 19.4 Å². The summed E-state index contributed by atoms with van der Waals surface area (Å²) in [5.41, 5.74) is 0. The largest absolute Gasteiger partial charge is 0.336 e. The van der Waals surface area contributed by atoms with Crippen LogP contribution >= 0.6 is 11.8 Å². The average molecular weight is 197 g/mol. The summed E-state index contributed by atoms with van der Waals surface area (Å²) in [7, 11) is 2.04. The maximum absolute atomic E-state index is 4.34. The molecule has 0 amide bonds. The molecule has 1 N–H and O–H groups in total. The van der Waals surface area contributed by atoms with Crippen LogP contribution in [0.1, 0.15) is 18.1 Å². The third-order valence-electron chi connectivity index (χ3n) is 2.29. The molecule has 2 unspecified atom stereocenters. The molecule has 0 spiro atoms. The van der Waals surface area contributed by atoms with Crippen molar-refractivity contribution < 1.29 is 0 Å². The van der Waals surface area contributed by atoms with Gasteiger partial charge in [0.25, 0.3) is 0 Å². The first-order valence-electron chi connectivity index (χ1n) is 4.59. The Morgan fingerprint density at radius 2 is 2.54 bits per heavy atom. The van der Waals surface area contributed by atoms with Crippen molar-refractivity contribution in [1.82, 2.24) is 14.9 Å². The molecular formula is C9H15N3S. The van der Waals surface area contributed by atoms with E-state index >= 15 is 0 Å². The first kappa shape index (κ1) is 9.09. The second kappa shape index (κ2) is 3.72. The molecule has 0 radical (unpaired) electrons. The average Bonchev–Trinajstić information content (AvgIpc) is 2.53. The van der Waals surface area contributed by atoms with Crippen LogP contribution in [0.3, 0.4) is 0 Å². The number of nitrogens with one attached hydrogen (secondary N) is 1. The molecule has 72 valence electrons. The molecule has 1 saturated heterocycles. The van der Waals surface area contributed by atoms with Crippen molar-refractivity contribution in [3.8, 4) is 0 Å². The molecule has 0 aliphatic carbocycles. The number of aromatic nitrogens is 2. The fraction of sp³-hybridized carbons (Fsp3) is 0.667. The van der Waals surface area contributed by atoms with Crippen LogP contribution < -0.4 is 5.32 Å². The lowest BCUT2D eigenvalue weighted by Gasteiger charge is -2.26. The summed E-state index contributed by atoms with van der Waals surface area (Å²) in [6, 6.07) is 0. The summed E-state index contributed by atoms with van der Waals surface area (Å²) in [6.45, 7) is 3.37. The summed E-state index contributed by atoms with van der Waals surface area (Å²) >= 11 is 1.95.